The molecule has 0 amide bonds. The van der Waals surface area contributed by atoms with E-state index in [1.807, 2.05) is 20.8 Å². The van der Waals surface area contributed by atoms with E-state index in [1.165, 1.54) is 0 Å². The van der Waals surface area contributed by atoms with E-state index in [0.29, 0.717) is 0 Å². The molecule has 0 aromatic carbocycles. The van der Waals surface area contributed by atoms with Gasteiger partial charge in [0.25, 0.3) is 0 Å². The molecule has 0 aliphatic carbocycles. The molecule has 0 saturated heterocycles. The van der Waals surface area contributed by atoms with Crippen LogP contribution in [0.4, 0.5) is 0 Å². The first kappa shape index (κ1) is 13.1. The second kappa shape index (κ2) is 6.52. The summed E-state index contributed by atoms with van der Waals surface area (Å²) >= 11 is 0. The summed E-state index contributed by atoms with van der Waals surface area (Å²) in [5.41, 5.74) is 2.87. The van der Waals surface area contributed by atoms with Gasteiger partial charge in [-0.3, -0.25) is 9.79 Å². The maximum atomic E-state index is 11.3. The minimum atomic E-state index is 0.154. The summed E-state index contributed by atoms with van der Waals surface area (Å²) in [7, 11) is 0. The third kappa shape index (κ3) is 4.35. The second-order valence-electron chi connectivity index (χ2n) is 3.64. The van der Waals surface area contributed by atoms with E-state index in [2.05, 4.69) is 11.9 Å². The molecule has 2 heteroatoms. The SMILES string of the molecule is CCC/C(N=C(C)C)=C(\CC)C(C)=O. The molecule has 0 bridgehead atoms. The molecule has 0 spiro atoms. The predicted octanol–water partition coefficient (Wildman–Crippen LogP) is 3.52. The summed E-state index contributed by atoms with van der Waals surface area (Å²) in [6, 6.07) is 0. The molecule has 0 aromatic heterocycles. The van der Waals surface area contributed by atoms with Crippen LogP contribution in [0.2, 0.25) is 0 Å². The van der Waals surface area contributed by atoms with Gasteiger partial charge in [-0.1, -0.05) is 20.3 Å². The maximum Gasteiger partial charge on any atom is 0.157 e. The largest absolute Gasteiger partial charge is 0.295 e. The van der Waals surface area contributed by atoms with Crippen LogP contribution in [-0.4, -0.2) is 11.5 Å². The van der Waals surface area contributed by atoms with Gasteiger partial charge in [0.15, 0.2) is 5.78 Å². The molecule has 0 aromatic rings. The van der Waals surface area contributed by atoms with Crippen molar-refractivity contribution < 1.29 is 4.79 Å². The average molecular weight is 195 g/mol. The Bertz CT molecular complexity index is 257. The summed E-state index contributed by atoms with van der Waals surface area (Å²) in [5, 5.41) is 0. The first-order valence-electron chi connectivity index (χ1n) is 5.27. The number of ketones is 1. The minimum absolute atomic E-state index is 0.154. The van der Waals surface area contributed by atoms with Crippen LogP contribution in [-0.2, 0) is 4.79 Å². The van der Waals surface area contributed by atoms with E-state index in [0.717, 1.165) is 36.2 Å². The van der Waals surface area contributed by atoms with Crippen LogP contribution in [0.1, 0.15) is 53.9 Å². The molecule has 14 heavy (non-hydrogen) atoms. The lowest BCUT2D eigenvalue weighted by atomic mass is 10.0. The normalized spacial score (nSPS) is 12.1. The third-order valence-electron chi connectivity index (χ3n) is 1.97. The first-order valence-corrected chi connectivity index (χ1v) is 5.27. The molecule has 0 rings (SSSR count). The highest BCUT2D eigenvalue weighted by Gasteiger charge is 2.08. The van der Waals surface area contributed by atoms with Crippen LogP contribution in [0.25, 0.3) is 0 Å². The fraction of sp³-hybridized carbons (Fsp3) is 0.667. The van der Waals surface area contributed by atoms with Crippen molar-refractivity contribution in [2.45, 2.75) is 53.9 Å². The van der Waals surface area contributed by atoms with Crippen molar-refractivity contribution in [3.8, 4) is 0 Å². The van der Waals surface area contributed by atoms with Crippen molar-refractivity contribution in [2.75, 3.05) is 0 Å². The Kier molecular flexibility index (Phi) is 6.09. The van der Waals surface area contributed by atoms with Gasteiger partial charge < -0.3 is 0 Å². The summed E-state index contributed by atoms with van der Waals surface area (Å²) in [6.07, 6.45) is 2.71. The zero-order valence-corrected chi connectivity index (χ0v) is 9.98. The number of Topliss-reactive ketones (excluding diaryl/α,β-unsaturated/α-hetero) is 1. The van der Waals surface area contributed by atoms with E-state index in [9.17, 15) is 4.79 Å². The van der Waals surface area contributed by atoms with Crippen molar-refractivity contribution in [2.24, 2.45) is 4.99 Å². The van der Waals surface area contributed by atoms with Crippen molar-refractivity contribution in [1.29, 1.82) is 0 Å². The Morgan fingerprint density at radius 3 is 2.00 bits per heavy atom. The van der Waals surface area contributed by atoms with Gasteiger partial charge in [-0.05, 0) is 33.6 Å². The van der Waals surface area contributed by atoms with Gasteiger partial charge in [-0.2, -0.15) is 0 Å². The van der Waals surface area contributed by atoms with E-state index in [-0.39, 0.29) is 5.78 Å². The molecule has 0 N–H and O–H groups in total. The van der Waals surface area contributed by atoms with Gasteiger partial charge in [0.1, 0.15) is 0 Å². The lowest BCUT2D eigenvalue weighted by Gasteiger charge is -2.07. The smallest absolute Gasteiger partial charge is 0.157 e. The fourth-order valence-corrected chi connectivity index (χ4v) is 1.44. The van der Waals surface area contributed by atoms with Crippen LogP contribution >= 0.6 is 0 Å². The number of hydrogen-bond acceptors (Lipinski definition) is 2. The number of aliphatic imine (C=N–C) groups is 1. The molecule has 0 heterocycles. The van der Waals surface area contributed by atoms with Crippen LogP contribution in [0.5, 0.6) is 0 Å². The van der Waals surface area contributed by atoms with E-state index >= 15 is 0 Å². The summed E-state index contributed by atoms with van der Waals surface area (Å²) in [6.45, 7) is 9.65. The monoisotopic (exact) mass is 195 g/mol. The standard InChI is InChI=1S/C12H21NO/c1-6-8-12(13-9(3)4)11(7-2)10(5)14/h6-8H2,1-5H3/b12-11-. The first-order chi connectivity index (χ1) is 6.52. The van der Waals surface area contributed by atoms with E-state index in [1.54, 1.807) is 6.92 Å². The molecule has 0 unspecified atom stereocenters. The maximum absolute atomic E-state index is 11.3. The Hall–Kier alpha value is -0.920. The van der Waals surface area contributed by atoms with Gasteiger partial charge >= 0.3 is 0 Å². The zero-order valence-electron chi connectivity index (χ0n) is 9.98. The molecule has 0 saturated carbocycles. The number of allylic oxidation sites excluding steroid dienone is 2. The lowest BCUT2D eigenvalue weighted by Crippen LogP contribution is -2.01. The molecule has 0 aliphatic heterocycles. The third-order valence-corrected chi connectivity index (χ3v) is 1.97. The number of hydrogen-bond donors (Lipinski definition) is 0. The molecule has 80 valence electrons. The summed E-state index contributed by atoms with van der Waals surface area (Å²) < 4.78 is 0. The highest BCUT2D eigenvalue weighted by molar-refractivity contribution is 5.94. The second-order valence-corrected chi connectivity index (χ2v) is 3.64. The molecule has 0 atom stereocenters. The average Bonchev–Trinajstić information content (AvgIpc) is 2.03. The number of carbonyl (C=O) groups is 1. The van der Waals surface area contributed by atoms with Crippen molar-refractivity contribution in [3.63, 3.8) is 0 Å². The number of nitrogens with zero attached hydrogens (tertiary/aromatic N) is 1. The number of carbonyl (C=O) groups excluding carboxylic acids is 1. The highest BCUT2D eigenvalue weighted by atomic mass is 16.1. The fourth-order valence-electron chi connectivity index (χ4n) is 1.44. The Balaban J connectivity index is 5.09. The van der Waals surface area contributed by atoms with Gasteiger partial charge in [0.05, 0.1) is 0 Å². The molecular formula is C12H21NO. The van der Waals surface area contributed by atoms with Gasteiger partial charge in [-0.25, -0.2) is 0 Å². The molecule has 0 aliphatic rings. The van der Waals surface area contributed by atoms with E-state index < -0.39 is 0 Å². The van der Waals surface area contributed by atoms with Crippen molar-refractivity contribution in [3.05, 3.63) is 11.3 Å². The van der Waals surface area contributed by atoms with Crippen LogP contribution in [0, 0.1) is 0 Å². The van der Waals surface area contributed by atoms with Crippen LogP contribution in [0.15, 0.2) is 16.3 Å². The van der Waals surface area contributed by atoms with E-state index in [4.69, 9.17) is 0 Å². The van der Waals surface area contributed by atoms with Gasteiger partial charge in [0.2, 0.25) is 0 Å². The van der Waals surface area contributed by atoms with Crippen molar-refractivity contribution in [1.82, 2.24) is 0 Å². The van der Waals surface area contributed by atoms with Crippen LogP contribution in [0.3, 0.4) is 0 Å². The topological polar surface area (TPSA) is 29.4 Å². The minimum Gasteiger partial charge on any atom is -0.295 e. The number of rotatable bonds is 5. The highest BCUT2D eigenvalue weighted by Crippen LogP contribution is 2.17. The summed E-state index contributed by atoms with van der Waals surface area (Å²) in [5.74, 6) is 0.154. The Morgan fingerprint density at radius 2 is 1.71 bits per heavy atom. The molecule has 2 nitrogen and oxygen atoms in total. The van der Waals surface area contributed by atoms with Gasteiger partial charge in [0, 0.05) is 17.0 Å². The predicted molar refractivity (Wildman–Crippen MR) is 61.7 cm³/mol. The summed E-state index contributed by atoms with van der Waals surface area (Å²) in [4.78, 5) is 15.8. The molecule has 0 fully saturated rings. The zero-order chi connectivity index (χ0) is 11.1. The molecule has 0 radical (unpaired) electrons. The van der Waals surface area contributed by atoms with Gasteiger partial charge in [-0.15, -0.1) is 0 Å². The Morgan fingerprint density at radius 1 is 1.14 bits per heavy atom. The quantitative estimate of drug-likeness (QED) is 0.487. The Labute approximate surface area is 87.1 Å². The van der Waals surface area contributed by atoms with Crippen molar-refractivity contribution >= 4 is 11.5 Å². The van der Waals surface area contributed by atoms with Crippen LogP contribution < -0.4 is 0 Å². The lowest BCUT2D eigenvalue weighted by molar-refractivity contribution is -0.113. The molecular weight excluding hydrogens is 174 g/mol.